The van der Waals surface area contributed by atoms with Gasteiger partial charge in [-0.05, 0) is 30.7 Å². The van der Waals surface area contributed by atoms with Crippen molar-refractivity contribution in [2.24, 2.45) is 0 Å². The van der Waals surface area contributed by atoms with Crippen LogP contribution in [0.15, 0.2) is 37.2 Å². The summed E-state index contributed by atoms with van der Waals surface area (Å²) in [5, 5.41) is 0. The zero-order valence-corrected chi connectivity index (χ0v) is 15.2. The SMILES string of the molecule is C=Cc1ccnc(C(C)(C)C/C=C/c2nccc(C(C)(C)C)n2)n1. The standard InChI is InChI=1S/C20H26N4/c1-7-15-10-13-22-18(23-15)20(5,6)12-8-9-17-21-14-11-16(24-17)19(2,3)4/h7-11,13-14H,1,12H2,2-6H3/b9-8+. The highest BCUT2D eigenvalue weighted by Gasteiger charge is 2.22. The highest BCUT2D eigenvalue weighted by atomic mass is 14.9. The van der Waals surface area contributed by atoms with Crippen molar-refractivity contribution in [3.05, 3.63) is 60.2 Å². The molecule has 126 valence electrons. The first-order valence-corrected chi connectivity index (χ1v) is 8.18. The molecule has 0 saturated carbocycles. The first kappa shape index (κ1) is 18.0. The Labute approximate surface area is 144 Å². The fourth-order valence-corrected chi connectivity index (χ4v) is 2.23. The van der Waals surface area contributed by atoms with Crippen molar-refractivity contribution >= 4 is 12.2 Å². The van der Waals surface area contributed by atoms with Crippen molar-refractivity contribution in [3.63, 3.8) is 0 Å². The molecule has 0 aliphatic rings. The molecule has 0 bridgehead atoms. The fraction of sp³-hybridized carbons (Fsp3) is 0.400. The summed E-state index contributed by atoms with van der Waals surface area (Å²) in [7, 11) is 0. The van der Waals surface area contributed by atoms with E-state index in [1.165, 1.54) is 0 Å². The van der Waals surface area contributed by atoms with Gasteiger partial charge in [-0.3, -0.25) is 0 Å². The highest BCUT2D eigenvalue weighted by Crippen LogP contribution is 2.25. The lowest BCUT2D eigenvalue weighted by Crippen LogP contribution is -2.20. The van der Waals surface area contributed by atoms with Gasteiger partial charge in [0.05, 0.1) is 5.69 Å². The second kappa shape index (κ2) is 7.04. The Hall–Kier alpha value is -2.36. The van der Waals surface area contributed by atoms with Gasteiger partial charge in [0.2, 0.25) is 0 Å². The Morgan fingerprint density at radius 2 is 1.71 bits per heavy atom. The largest absolute Gasteiger partial charge is 0.241 e. The van der Waals surface area contributed by atoms with Crippen LogP contribution in [-0.4, -0.2) is 19.9 Å². The van der Waals surface area contributed by atoms with E-state index in [1.54, 1.807) is 12.3 Å². The molecule has 2 aromatic heterocycles. The maximum Gasteiger partial charge on any atom is 0.151 e. The molecule has 0 amide bonds. The quantitative estimate of drug-likeness (QED) is 0.808. The average molecular weight is 322 g/mol. The van der Waals surface area contributed by atoms with Crippen molar-refractivity contribution < 1.29 is 0 Å². The van der Waals surface area contributed by atoms with E-state index in [0.29, 0.717) is 0 Å². The molecular formula is C20H26N4. The van der Waals surface area contributed by atoms with E-state index < -0.39 is 0 Å². The molecule has 24 heavy (non-hydrogen) atoms. The highest BCUT2D eigenvalue weighted by molar-refractivity contribution is 5.42. The van der Waals surface area contributed by atoms with Gasteiger partial charge in [-0.2, -0.15) is 0 Å². The van der Waals surface area contributed by atoms with Crippen LogP contribution in [0.3, 0.4) is 0 Å². The molecular weight excluding hydrogens is 296 g/mol. The van der Waals surface area contributed by atoms with Gasteiger partial charge in [0.1, 0.15) is 5.82 Å². The molecule has 0 radical (unpaired) electrons. The summed E-state index contributed by atoms with van der Waals surface area (Å²) in [4.78, 5) is 17.9. The number of hydrogen-bond donors (Lipinski definition) is 0. The van der Waals surface area contributed by atoms with Gasteiger partial charge >= 0.3 is 0 Å². The Bertz CT molecular complexity index is 739. The summed E-state index contributed by atoms with van der Waals surface area (Å²) < 4.78 is 0. The van der Waals surface area contributed by atoms with Gasteiger partial charge < -0.3 is 0 Å². The summed E-state index contributed by atoms with van der Waals surface area (Å²) in [5.74, 6) is 1.55. The molecule has 0 aromatic carbocycles. The molecule has 0 spiro atoms. The molecule has 0 unspecified atom stereocenters. The molecule has 0 fully saturated rings. The maximum atomic E-state index is 4.62. The summed E-state index contributed by atoms with van der Waals surface area (Å²) in [6.07, 6.45) is 10.2. The van der Waals surface area contributed by atoms with Crippen molar-refractivity contribution in [2.45, 2.75) is 51.9 Å². The van der Waals surface area contributed by atoms with Crippen molar-refractivity contribution in [2.75, 3.05) is 0 Å². The first-order chi connectivity index (χ1) is 11.2. The van der Waals surface area contributed by atoms with E-state index in [2.05, 4.69) is 67.2 Å². The van der Waals surface area contributed by atoms with Crippen molar-refractivity contribution in [1.29, 1.82) is 0 Å². The zero-order valence-electron chi connectivity index (χ0n) is 15.2. The van der Waals surface area contributed by atoms with E-state index in [0.717, 1.165) is 29.5 Å². The van der Waals surface area contributed by atoms with Gasteiger partial charge in [0, 0.05) is 28.9 Å². The fourth-order valence-electron chi connectivity index (χ4n) is 2.23. The second-order valence-corrected chi connectivity index (χ2v) is 7.55. The lowest BCUT2D eigenvalue weighted by Gasteiger charge is -2.21. The minimum absolute atomic E-state index is 0.0176. The minimum atomic E-state index is -0.169. The Morgan fingerprint density at radius 1 is 1.00 bits per heavy atom. The zero-order chi connectivity index (χ0) is 17.8. The summed E-state index contributed by atoms with van der Waals surface area (Å²) in [5.41, 5.74) is 1.73. The predicted molar refractivity (Wildman–Crippen MR) is 99.5 cm³/mol. The van der Waals surface area contributed by atoms with E-state index >= 15 is 0 Å². The molecule has 0 saturated heterocycles. The topological polar surface area (TPSA) is 51.6 Å². The summed E-state index contributed by atoms with van der Waals surface area (Å²) >= 11 is 0. The van der Waals surface area contributed by atoms with E-state index in [4.69, 9.17) is 0 Å². The Morgan fingerprint density at radius 3 is 2.38 bits per heavy atom. The Balaban J connectivity index is 2.14. The third kappa shape index (κ3) is 4.57. The lowest BCUT2D eigenvalue weighted by atomic mass is 9.88. The lowest BCUT2D eigenvalue weighted by molar-refractivity contribution is 0.496. The molecule has 0 atom stereocenters. The van der Waals surface area contributed by atoms with Crippen LogP contribution in [0.5, 0.6) is 0 Å². The normalized spacial score (nSPS) is 12.5. The van der Waals surface area contributed by atoms with Crippen molar-refractivity contribution in [3.8, 4) is 0 Å². The summed E-state index contributed by atoms with van der Waals surface area (Å²) in [6.45, 7) is 14.5. The van der Waals surface area contributed by atoms with Crippen LogP contribution >= 0.6 is 0 Å². The smallest absolute Gasteiger partial charge is 0.151 e. The predicted octanol–water partition coefficient (Wildman–Crippen LogP) is 4.59. The van der Waals surface area contributed by atoms with Gasteiger partial charge in [-0.25, -0.2) is 19.9 Å². The third-order valence-corrected chi connectivity index (χ3v) is 3.83. The minimum Gasteiger partial charge on any atom is -0.241 e. The third-order valence-electron chi connectivity index (χ3n) is 3.83. The van der Waals surface area contributed by atoms with Crippen LogP contribution in [0.2, 0.25) is 0 Å². The van der Waals surface area contributed by atoms with Crippen molar-refractivity contribution in [1.82, 2.24) is 19.9 Å². The molecule has 2 rings (SSSR count). The van der Waals surface area contributed by atoms with Crippen LogP contribution in [-0.2, 0) is 10.8 Å². The number of aromatic nitrogens is 4. The molecule has 2 heterocycles. The Kier molecular flexibility index (Phi) is 5.27. The van der Waals surface area contributed by atoms with Crippen LogP contribution in [0.1, 0.15) is 64.1 Å². The molecule has 0 aliphatic carbocycles. The molecule has 0 N–H and O–H groups in total. The van der Waals surface area contributed by atoms with Gasteiger partial charge in [0.25, 0.3) is 0 Å². The maximum absolute atomic E-state index is 4.62. The van der Waals surface area contributed by atoms with Crippen LogP contribution in [0, 0.1) is 0 Å². The average Bonchev–Trinajstić information content (AvgIpc) is 2.54. The first-order valence-electron chi connectivity index (χ1n) is 8.18. The second-order valence-electron chi connectivity index (χ2n) is 7.55. The molecule has 4 heteroatoms. The van der Waals surface area contributed by atoms with Gasteiger partial charge in [0.15, 0.2) is 5.82 Å². The number of nitrogens with zero attached hydrogens (tertiary/aromatic N) is 4. The van der Waals surface area contributed by atoms with E-state index in [9.17, 15) is 0 Å². The molecule has 4 nitrogen and oxygen atoms in total. The molecule has 2 aromatic rings. The number of allylic oxidation sites excluding steroid dienone is 1. The van der Waals surface area contributed by atoms with Gasteiger partial charge in [-0.1, -0.05) is 47.3 Å². The monoisotopic (exact) mass is 322 g/mol. The van der Waals surface area contributed by atoms with Gasteiger partial charge in [-0.15, -0.1) is 0 Å². The number of hydrogen-bond acceptors (Lipinski definition) is 4. The van der Waals surface area contributed by atoms with E-state index in [-0.39, 0.29) is 10.8 Å². The summed E-state index contributed by atoms with van der Waals surface area (Å²) in [6, 6.07) is 3.82. The van der Waals surface area contributed by atoms with E-state index in [1.807, 2.05) is 24.4 Å². The van der Waals surface area contributed by atoms with Crippen LogP contribution < -0.4 is 0 Å². The van der Waals surface area contributed by atoms with Crippen LogP contribution in [0.25, 0.3) is 12.2 Å². The molecule has 0 aliphatic heterocycles. The van der Waals surface area contributed by atoms with Crippen LogP contribution in [0.4, 0.5) is 0 Å². The number of rotatable bonds is 5.